The van der Waals surface area contributed by atoms with Crippen LogP contribution in [0.3, 0.4) is 0 Å². The second-order valence-corrected chi connectivity index (χ2v) is 5.37. The summed E-state index contributed by atoms with van der Waals surface area (Å²) in [5, 5.41) is 8.57. The van der Waals surface area contributed by atoms with Crippen LogP contribution in [-0.4, -0.2) is 61.5 Å². The van der Waals surface area contributed by atoms with E-state index in [4.69, 9.17) is 15.2 Å². The third kappa shape index (κ3) is 3.46. The van der Waals surface area contributed by atoms with Gasteiger partial charge < -0.3 is 20.1 Å². The molecule has 8 heteroatoms. The van der Waals surface area contributed by atoms with Crippen molar-refractivity contribution in [1.29, 1.82) is 0 Å². The van der Waals surface area contributed by atoms with E-state index in [0.29, 0.717) is 41.7 Å². The number of aromatic nitrogens is 2. The molecule has 0 bridgehead atoms. The van der Waals surface area contributed by atoms with Crippen molar-refractivity contribution in [3.8, 4) is 0 Å². The summed E-state index contributed by atoms with van der Waals surface area (Å²) in [5.74, 6) is -0.135. The molecule has 0 aliphatic carbocycles. The van der Waals surface area contributed by atoms with Gasteiger partial charge in [0.15, 0.2) is 0 Å². The average Bonchev–Trinajstić information content (AvgIpc) is 2.84. The number of hydrogen-bond donors (Lipinski definition) is 1. The minimum atomic E-state index is -0.135. The molecular formula is C13H18N4O3S. The number of nitrogens with zero attached hydrogens (tertiary/aromatic N) is 3. The number of carbonyl (C=O) groups is 1. The highest BCUT2D eigenvalue weighted by Crippen LogP contribution is 2.32. The van der Waals surface area contributed by atoms with E-state index < -0.39 is 0 Å². The van der Waals surface area contributed by atoms with Gasteiger partial charge in [0.05, 0.1) is 25.1 Å². The second kappa shape index (κ2) is 7.30. The van der Waals surface area contributed by atoms with Crippen LogP contribution in [0.4, 0.5) is 5.69 Å². The molecule has 0 aliphatic rings. The predicted molar refractivity (Wildman–Crippen MR) is 81.5 cm³/mol. The quantitative estimate of drug-likeness (QED) is 0.820. The minimum absolute atomic E-state index is 0.135. The maximum absolute atomic E-state index is 12.6. The Labute approximate surface area is 126 Å². The molecule has 21 heavy (non-hydrogen) atoms. The maximum atomic E-state index is 12.6. The summed E-state index contributed by atoms with van der Waals surface area (Å²) in [5.41, 5.74) is 6.52. The Hall–Kier alpha value is -1.77. The lowest BCUT2D eigenvalue weighted by Gasteiger charge is -2.21. The van der Waals surface area contributed by atoms with Crippen LogP contribution in [-0.2, 0) is 9.47 Å². The third-order valence-corrected chi connectivity index (χ3v) is 4.13. The minimum Gasteiger partial charge on any atom is -0.397 e. The molecule has 0 spiro atoms. The number of thiophene rings is 1. The fourth-order valence-electron chi connectivity index (χ4n) is 1.89. The van der Waals surface area contributed by atoms with Crippen LogP contribution < -0.4 is 5.73 Å². The second-order valence-electron chi connectivity index (χ2n) is 4.37. The summed E-state index contributed by atoms with van der Waals surface area (Å²) in [6.07, 6.45) is 1.56. The number of carbonyl (C=O) groups excluding carboxylic acids is 1. The summed E-state index contributed by atoms with van der Waals surface area (Å²) in [4.78, 5) is 15.5. The molecule has 0 atom stereocenters. The Kier molecular flexibility index (Phi) is 5.43. The molecule has 2 rings (SSSR count). The van der Waals surface area contributed by atoms with E-state index >= 15 is 0 Å². The molecule has 0 unspecified atom stereocenters. The first kappa shape index (κ1) is 15.6. The van der Waals surface area contributed by atoms with Crippen molar-refractivity contribution in [2.75, 3.05) is 46.3 Å². The zero-order valence-corrected chi connectivity index (χ0v) is 12.9. The van der Waals surface area contributed by atoms with E-state index in [1.165, 1.54) is 11.3 Å². The van der Waals surface area contributed by atoms with E-state index in [9.17, 15) is 4.79 Å². The first-order valence-electron chi connectivity index (χ1n) is 6.45. The number of nitrogen functional groups attached to an aromatic ring is 1. The van der Waals surface area contributed by atoms with Gasteiger partial charge in [-0.2, -0.15) is 5.10 Å². The van der Waals surface area contributed by atoms with Gasteiger partial charge in [0, 0.05) is 32.7 Å². The van der Waals surface area contributed by atoms with Crippen molar-refractivity contribution in [3.63, 3.8) is 0 Å². The third-order valence-electron chi connectivity index (χ3n) is 3.03. The van der Waals surface area contributed by atoms with Crippen molar-refractivity contribution >= 4 is 33.1 Å². The summed E-state index contributed by atoms with van der Waals surface area (Å²) in [6.45, 7) is 1.89. The van der Waals surface area contributed by atoms with Crippen molar-refractivity contribution in [3.05, 3.63) is 17.1 Å². The zero-order chi connectivity index (χ0) is 15.2. The molecule has 2 N–H and O–H groups in total. The fourth-order valence-corrected chi connectivity index (χ4v) is 2.90. The lowest BCUT2D eigenvalue weighted by atomic mass is 10.2. The van der Waals surface area contributed by atoms with Gasteiger partial charge in [0.25, 0.3) is 5.91 Å². The van der Waals surface area contributed by atoms with E-state index in [1.54, 1.807) is 31.4 Å². The average molecular weight is 310 g/mol. The number of methoxy groups -OCH3 is 2. The van der Waals surface area contributed by atoms with Crippen LogP contribution in [0.1, 0.15) is 9.67 Å². The first-order chi connectivity index (χ1) is 10.2. The van der Waals surface area contributed by atoms with Gasteiger partial charge in [0.2, 0.25) is 0 Å². The molecule has 2 heterocycles. The van der Waals surface area contributed by atoms with Gasteiger partial charge in [-0.05, 0) is 6.07 Å². The van der Waals surface area contributed by atoms with E-state index in [0.717, 1.165) is 5.39 Å². The lowest BCUT2D eigenvalue weighted by molar-refractivity contribution is 0.0633. The Bertz CT molecular complexity index is 608. The highest BCUT2D eigenvalue weighted by molar-refractivity contribution is 7.21. The van der Waals surface area contributed by atoms with Gasteiger partial charge in [0.1, 0.15) is 9.71 Å². The summed E-state index contributed by atoms with van der Waals surface area (Å²) >= 11 is 1.26. The number of hydrogen-bond acceptors (Lipinski definition) is 7. The number of ether oxygens (including phenoxy) is 2. The maximum Gasteiger partial charge on any atom is 0.266 e. The van der Waals surface area contributed by atoms with E-state index in [2.05, 4.69) is 10.2 Å². The number of fused-ring (bicyclic) bond motifs is 1. The molecule has 114 valence electrons. The molecule has 0 radical (unpaired) electrons. The van der Waals surface area contributed by atoms with Gasteiger partial charge in [-0.25, -0.2) is 0 Å². The Morgan fingerprint density at radius 2 is 2.00 bits per heavy atom. The Morgan fingerprint density at radius 1 is 1.33 bits per heavy atom. The Balaban J connectivity index is 2.26. The number of amides is 1. The summed E-state index contributed by atoms with van der Waals surface area (Å²) in [6, 6.07) is 1.76. The molecule has 7 nitrogen and oxygen atoms in total. The highest BCUT2D eigenvalue weighted by atomic mass is 32.1. The normalized spacial score (nSPS) is 11.0. The van der Waals surface area contributed by atoms with E-state index in [1.807, 2.05) is 0 Å². The monoisotopic (exact) mass is 310 g/mol. The van der Waals surface area contributed by atoms with Crippen LogP contribution in [0.5, 0.6) is 0 Å². The van der Waals surface area contributed by atoms with Gasteiger partial charge in [-0.15, -0.1) is 16.4 Å². The van der Waals surface area contributed by atoms with Gasteiger partial charge >= 0.3 is 0 Å². The molecule has 2 aromatic rings. The first-order valence-corrected chi connectivity index (χ1v) is 7.27. The number of nitrogens with two attached hydrogens (primary N) is 1. The van der Waals surface area contributed by atoms with Crippen LogP contribution in [0.15, 0.2) is 12.3 Å². The van der Waals surface area contributed by atoms with Gasteiger partial charge in [-0.3, -0.25) is 4.79 Å². The number of anilines is 1. The number of rotatable bonds is 7. The van der Waals surface area contributed by atoms with Crippen LogP contribution >= 0.6 is 11.3 Å². The Morgan fingerprint density at radius 3 is 2.57 bits per heavy atom. The zero-order valence-electron chi connectivity index (χ0n) is 12.0. The molecule has 0 aliphatic heterocycles. The molecule has 0 fully saturated rings. The van der Waals surface area contributed by atoms with Crippen molar-refractivity contribution < 1.29 is 14.3 Å². The summed E-state index contributed by atoms with van der Waals surface area (Å²) < 4.78 is 10.1. The van der Waals surface area contributed by atoms with Crippen LogP contribution in [0.25, 0.3) is 10.2 Å². The van der Waals surface area contributed by atoms with Crippen molar-refractivity contribution in [2.45, 2.75) is 0 Å². The lowest BCUT2D eigenvalue weighted by Crippen LogP contribution is -2.36. The standard InChI is InChI=1S/C13H18N4O3S/c1-19-7-5-17(6-8-20-2)13(18)11-10(14)9-3-4-15-16-12(9)21-11/h3-4H,5-8,14H2,1-2H3. The van der Waals surface area contributed by atoms with Crippen molar-refractivity contribution in [1.82, 2.24) is 15.1 Å². The fraction of sp³-hybridized carbons (Fsp3) is 0.462. The SMILES string of the molecule is COCCN(CCOC)C(=O)c1sc2nnccc2c1N. The smallest absolute Gasteiger partial charge is 0.266 e. The van der Waals surface area contributed by atoms with Gasteiger partial charge in [-0.1, -0.05) is 0 Å². The van der Waals surface area contributed by atoms with Crippen LogP contribution in [0.2, 0.25) is 0 Å². The largest absolute Gasteiger partial charge is 0.397 e. The summed E-state index contributed by atoms with van der Waals surface area (Å²) in [7, 11) is 3.20. The highest BCUT2D eigenvalue weighted by Gasteiger charge is 2.22. The van der Waals surface area contributed by atoms with Crippen molar-refractivity contribution in [2.24, 2.45) is 0 Å². The van der Waals surface area contributed by atoms with E-state index in [-0.39, 0.29) is 5.91 Å². The topological polar surface area (TPSA) is 90.6 Å². The molecule has 2 aromatic heterocycles. The predicted octanol–water partition coefficient (Wildman–Crippen LogP) is 1.01. The molecular weight excluding hydrogens is 292 g/mol. The molecule has 0 aromatic carbocycles. The molecule has 0 saturated carbocycles. The van der Waals surface area contributed by atoms with Crippen LogP contribution in [0, 0.1) is 0 Å². The molecule has 0 saturated heterocycles. The molecule has 1 amide bonds.